The molecule has 0 saturated heterocycles. The quantitative estimate of drug-likeness (QED) is 0.498. The van der Waals surface area contributed by atoms with Gasteiger partial charge >= 0.3 is 5.63 Å². The molecule has 0 aliphatic heterocycles. The normalized spacial score (nSPS) is 11.5. The second-order valence-electron chi connectivity index (χ2n) is 4.83. The van der Waals surface area contributed by atoms with Gasteiger partial charge in [-0.15, -0.1) is 11.3 Å². The third-order valence-corrected chi connectivity index (χ3v) is 4.72. The number of aryl methyl sites for hydroxylation is 1. The number of rotatable bonds is 2. The highest BCUT2D eigenvalue weighted by molar-refractivity contribution is 9.10. The average Bonchev–Trinajstić information content (AvgIpc) is 3.07. The van der Waals surface area contributed by atoms with Crippen LogP contribution in [0.15, 0.2) is 43.3 Å². The first kappa shape index (κ1) is 13.7. The van der Waals surface area contributed by atoms with Crippen LogP contribution in [-0.4, -0.2) is 14.6 Å². The van der Waals surface area contributed by atoms with Crippen LogP contribution >= 0.6 is 27.3 Å². The Morgan fingerprint density at radius 1 is 1.36 bits per heavy atom. The van der Waals surface area contributed by atoms with Crippen LogP contribution in [0.2, 0.25) is 0 Å². The summed E-state index contributed by atoms with van der Waals surface area (Å²) in [7, 11) is 0. The van der Waals surface area contributed by atoms with Gasteiger partial charge in [0.1, 0.15) is 5.58 Å². The summed E-state index contributed by atoms with van der Waals surface area (Å²) in [6.45, 7) is 2.00. The molecule has 0 spiro atoms. The molecule has 0 atom stereocenters. The van der Waals surface area contributed by atoms with E-state index in [9.17, 15) is 4.79 Å². The molecule has 1 aromatic carbocycles. The zero-order valence-electron chi connectivity index (χ0n) is 11.5. The number of aromatic nitrogens is 3. The second-order valence-corrected chi connectivity index (χ2v) is 6.58. The molecule has 0 N–H and O–H groups in total. The molecule has 110 valence electrons. The van der Waals surface area contributed by atoms with Crippen LogP contribution in [0.4, 0.5) is 0 Å². The SMILES string of the molecule is CCc1nc2scc(-c3cc4cc(Br)ccc4oc3=O)n2n1. The number of thiazole rings is 1. The van der Waals surface area contributed by atoms with Crippen LogP contribution in [0.25, 0.3) is 27.2 Å². The lowest BCUT2D eigenvalue weighted by Gasteiger charge is -2.01. The van der Waals surface area contributed by atoms with Crippen molar-refractivity contribution in [1.82, 2.24) is 14.6 Å². The van der Waals surface area contributed by atoms with Crippen molar-refractivity contribution in [3.05, 3.63) is 50.4 Å². The third-order valence-electron chi connectivity index (χ3n) is 3.41. The number of nitrogens with zero attached hydrogens (tertiary/aromatic N) is 3. The monoisotopic (exact) mass is 375 g/mol. The van der Waals surface area contributed by atoms with E-state index in [1.807, 2.05) is 30.5 Å². The largest absolute Gasteiger partial charge is 0.422 e. The Morgan fingerprint density at radius 3 is 3.05 bits per heavy atom. The predicted octanol–water partition coefficient (Wildman–Crippen LogP) is 3.89. The van der Waals surface area contributed by atoms with E-state index in [-0.39, 0.29) is 5.63 Å². The van der Waals surface area contributed by atoms with Gasteiger partial charge in [-0.2, -0.15) is 5.10 Å². The molecule has 7 heteroatoms. The zero-order chi connectivity index (χ0) is 15.3. The Kier molecular flexibility index (Phi) is 3.12. The van der Waals surface area contributed by atoms with E-state index >= 15 is 0 Å². The van der Waals surface area contributed by atoms with E-state index in [0.29, 0.717) is 16.8 Å². The van der Waals surface area contributed by atoms with Crippen molar-refractivity contribution in [3.63, 3.8) is 0 Å². The van der Waals surface area contributed by atoms with E-state index in [1.54, 1.807) is 10.6 Å². The van der Waals surface area contributed by atoms with Gasteiger partial charge < -0.3 is 4.42 Å². The van der Waals surface area contributed by atoms with Gasteiger partial charge in [-0.3, -0.25) is 0 Å². The lowest BCUT2D eigenvalue weighted by atomic mass is 10.1. The minimum Gasteiger partial charge on any atom is -0.422 e. The molecular formula is C15H10BrN3O2S. The van der Waals surface area contributed by atoms with Crippen LogP contribution in [-0.2, 0) is 6.42 Å². The second kappa shape index (κ2) is 5.03. The minimum absolute atomic E-state index is 0.372. The summed E-state index contributed by atoms with van der Waals surface area (Å²) in [5, 5.41) is 7.17. The molecule has 0 fully saturated rings. The fraction of sp³-hybridized carbons (Fsp3) is 0.133. The molecule has 0 radical (unpaired) electrons. The number of benzene rings is 1. The summed E-state index contributed by atoms with van der Waals surface area (Å²) in [6.07, 6.45) is 0.757. The maximum absolute atomic E-state index is 12.3. The summed E-state index contributed by atoms with van der Waals surface area (Å²) in [6, 6.07) is 7.38. The maximum atomic E-state index is 12.3. The maximum Gasteiger partial charge on any atom is 0.345 e. The van der Waals surface area contributed by atoms with Crippen molar-refractivity contribution in [2.24, 2.45) is 0 Å². The fourth-order valence-corrected chi connectivity index (χ4v) is 3.55. The summed E-state index contributed by atoms with van der Waals surface area (Å²) in [5.41, 5.74) is 1.39. The van der Waals surface area contributed by atoms with Crippen molar-refractivity contribution in [2.45, 2.75) is 13.3 Å². The zero-order valence-corrected chi connectivity index (χ0v) is 13.9. The molecule has 4 rings (SSSR count). The van der Waals surface area contributed by atoms with Crippen molar-refractivity contribution < 1.29 is 4.42 Å². The molecule has 0 amide bonds. The molecule has 0 aliphatic carbocycles. The molecule has 22 heavy (non-hydrogen) atoms. The Labute approximate surface area is 137 Å². The standard InChI is InChI=1S/C15H10BrN3O2S/c1-2-13-17-15-19(18-13)11(7-22-15)10-6-8-5-9(16)3-4-12(8)21-14(10)20/h3-7H,2H2,1H3. The van der Waals surface area contributed by atoms with Crippen molar-refractivity contribution in [2.75, 3.05) is 0 Å². The molecule has 5 nitrogen and oxygen atoms in total. The van der Waals surface area contributed by atoms with Gasteiger partial charge in [-0.25, -0.2) is 14.3 Å². The van der Waals surface area contributed by atoms with Crippen molar-refractivity contribution in [1.29, 1.82) is 0 Å². The average molecular weight is 376 g/mol. The highest BCUT2D eigenvalue weighted by atomic mass is 79.9. The number of hydrogen-bond donors (Lipinski definition) is 0. The Bertz CT molecular complexity index is 1060. The first-order valence-electron chi connectivity index (χ1n) is 6.72. The highest BCUT2D eigenvalue weighted by Gasteiger charge is 2.15. The summed E-state index contributed by atoms with van der Waals surface area (Å²) < 4.78 is 8.06. The number of fused-ring (bicyclic) bond motifs is 2. The van der Waals surface area contributed by atoms with Gasteiger partial charge in [-0.1, -0.05) is 22.9 Å². The Balaban J connectivity index is 2.00. The van der Waals surface area contributed by atoms with E-state index in [2.05, 4.69) is 26.0 Å². The van der Waals surface area contributed by atoms with Crippen molar-refractivity contribution in [3.8, 4) is 11.3 Å². The topological polar surface area (TPSA) is 60.4 Å². The molecule has 3 aromatic heterocycles. The van der Waals surface area contributed by atoms with Gasteiger partial charge in [-0.05, 0) is 24.3 Å². The van der Waals surface area contributed by atoms with Gasteiger partial charge in [0.15, 0.2) is 5.82 Å². The van der Waals surface area contributed by atoms with Gasteiger partial charge in [0.25, 0.3) is 0 Å². The number of halogens is 1. The predicted molar refractivity (Wildman–Crippen MR) is 89.4 cm³/mol. The van der Waals surface area contributed by atoms with Crippen molar-refractivity contribution >= 4 is 43.2 Å². The molecule has 0 bridgehead atoms. The molecule has 0 unspecified atom stereocenters. The van der Waals surface area contributed by atoms with Crippen LogP contribution in [0.3, 0.4) is 0 Å². The molecule has 4 aromatic rings. The molecule has 3 heterocycles. The summed E-state index contributed by atoms with van der Waals surface area (Å²) >= 11 is 4.89. The molecular weight excluding hydrogens is 366 g/mol. The lowest BCUT2D eigenvalue weighted by molar-refractivity contribution is 0.563. The molecule has 0 aliphatic rings. The van der Waals surface area contributed by atoms with E-state index in [1.165, 1.54) is 11.3 Å². The van der Waals surface area contributed by atoms with Crippen LogP contribution < -0.4 is 5.63 Å². The highest BCUT2D eigenvalue weighted by Crippen LogP contribution is 2.26. The summed E-state index contributed by atoms with van der Waals surface area (Å²) in [4.78, 5) is 17.5. The van der Waals surface area contributed by atoms with E-state index in [0.717, 1.165) is 27.1 Å². The van der Waals surface area contributed by atoms with Gasteiger partial charge in [0.2, 0.25) is 4.96 Å². The van der Waals surface area contributed by atoms with Gasteiger partial charge in [0.05, 0.1) is 11.3 Å². The number of hydrogen-bond acceptors (Lipinski definition) is 5. The minimum atomic E-state index is -0.372. The van der Waals surface area contributed by atoms with E-state index < -0.39 is 0 Å². The Morgan fingerprint density at radius 2 is 2.23 bits per heavy atom. The lowest BCUT2D eigenvalue weighted by Crippen LogP contribution is -2.04. The van der Waals surface area contributed by atoms with Gasteiger partial charge in [0, 0.05) is 21.7 Å². The third kappa shape index (κ3) is 2.08. The van der Waals surface area contributed by atoms with Crippen LogP contribution in [0.1, 0.15) is 12.7 Å². The summed E-state index contributed by atoms with van der Waals surface area (Å²) in [5.74, 6) is 0.765. The first-order valence-corrected chi connectivity index (χ1v) is 8.40. The molecule has 0 saturated carbocycles. The fourth-order valence-electron chi connectivity index (χ4n) is 2.33. The Hall–Kier alpha value is -1.99. The van der Waals surface area contributed by atoms with E-state index in [4.69, 9.17) is 4.42 Å². The van der Waals surface area contributed by atoms with Crippen LogP contribution in [0, 0.1) is 0 Å². The van der Waals surface area contributed by atoms with Crippen LogP contribution in [0.5, 0.6) is 0 Å². The first-order chi connectivity index (χ1) is 10.7. The smallest absolute Gasteiger partial charge is 0.345 e.